The van der Waals surface area contributed by atoms with Crippen LogP contribution in [0.3, 0.4) is 0 Å². The molecule has 1 unspecified atom stereocenters. The number of fused-ring (bicyclic) bond motifs is 5. The maximum Gasteiger partial charge on any atom is 0.417 e. The maximum absolute atomic E-state index is 14.4. The van der Waals surface area contributed by atoms with Crippen LogP contribution in [0.2, 0.25) is 0 Å². The molecule has 0 saturated carbocycles. The van der Waals surface area contributed by atoms with Gasteiger partial charge in [0, 0.05) is 18.3 Å². The molecule has 1 atom stereocenters. The van der Waals surface area contributed by atoms with Gasteiger partial charge in [0.15, 0.2) is 5.78 Å². The van der Waals surface area contributed by atoms with E-state index in [0.29, 0.717) is 12.8 Å². The second-order valence-electron chi connectivity index (χ2n) is 9.27. The number of allylic oxidation sites excluding steroid dienone is 4. The molecule has 0 amide bonds. The summed E-state index contributed by atoms with van der Waals surface area (Å²) in [4.78, 5) is 13.1. The molecule has 0 saturated heterocycles. The monoisotopic (exact) mass is 515 g/mol. The summed E-state index contributed by atoms with van der Waals surface area (Å²) >= 11 is 0. The van der Waals surface area contributed by atoms with Crippen molar-refractivity contribution in [1.82, 2.24) is 5.32 Å². The van der Waals surface area contributed by atoms with E-state index >= 15 is 0 Å². The first-order chi connectivity index (χ1) is 18.3. The Hall–Kier alpha value is -4.19. The van der Waals surface area contributed by atoms with Crippen molar-refractivity contribution in [3.63, 3.8) is 0 Å². The van der Waals surface area contributed by atoms with Gasteiger partial charge in [-0.3, -0.25) is 4.79 Å². The summed E-state index contributed by atoms with van der Waals surface area (Å²) in [6.45, 7) is 0. The second kappa shape index (κ2) is 10.7. The molecule has 3 aromatic carbocycles. The lowest BCUT2D eigenvalue weighted by atomic mass is 9.81. The van der Waals surface area contributed by atoms with Gasteiger partial charge in [-0.2, -0.15) is 13.2 Å². The van der Waals surface area contributed by atoms with Gasteiger partial charge in [-0.05, 0) is 76.2 Å². The summed E-state index contributed by atoms with van der Waals surface area (Å²) in [6, 6.07) is 14.8. The SMILES string of the molecule is C1=CC=CNC=C1.O=C(c1c(F)cccc1C(F)(F)F)C1C=c2c(ccc3c2=CCc2ccccc2-3)CC1. The van der Waals surface area contributed by atoms with Crippen molar-refractivity contribution in [2.75, 3.05) is 0 Å². The van der Waals surface area contributed by atoms with Gasteiger partial charge >= 0.3 is 6.18 Å². The van der Waals surface area contributed by atoms with Crippen molar-refractivity contribution in [2.45, 2.75) is 25.4 Å². The van der Waals surface area contributed by atoms with E-state index in [1.165, 1.54) is 5.56 Å². The van der Waals surface area contributed by atoms with Crippen LogP contribution < -0.4 is 15.8 Å². The van der Waals surface area contributed by atoms with E-state index in [0.717, 1.165) is 51.7 Å². The average Bonchev–Trinajstić information content (AvgIpc) is 3.25. The van der Waals surface area contributed by atoms with Crippen LogP contribution >= 0.6 is 0 Å². The Morgan fingerprint density at radius 1 is 0.816 bits per heavy atom. The smallest absolute Gasteiger partial charge is 0.368 e. The predicted molar refractivity (Wildman–Crippen MR) is 142 cm³/mol. The number of rotatable bonds is 2. The highest BCUT2D eigenvalue weighted by atomic mass is 19.4. The number of nitrogens with one attached hydrogen (secondary N) is 1. The number of ketones is 1. The van der Waals surface area contributed by atoms with Crippen molar-refractivity contribution >= 4 is 17.9 Å². The van der Waals surface area contributed by atoms with E-state index in [9.17, 15) is 22.4 Å². The Morgan fingerprint density at radius 3 is 2.34 bits per heavy atom. The van der Waals surface area contributed by atoms with E-state index in [2.05, 4.69) is 23.5 Å². The van der Waals surface area contributed by atoms with Crippen molar-refractivity contribution < 1.29 is 22.4 Å². The van der Waals surface area contributed by atoms with Crippen molar-refractivity contribution in [3.8, 4) is 11.1 Å². The number of hydrogen-bond donors (Lipinski definition) is 1. The van der Waals surface area contributed by atoms with Gasteiger partial charge < -0.3 is 5.32 Å². The average molecular weight is 516 g/mol. The van der Waals surface area contributed by atoms with Gasteiger partial charge in [0.1, 0.15) is 5.82 Å². The molecule has 192 valence electrons. The molecule has 38 heavy (non-hydrogen) atoms. The van der Waals surface area contributed by atoms with Gasteiger partial charge in [0.25, 0.3) is 0 Å². The van der Waals surface area contributed by atoms with Crippen LogP contribution in [-0.4, -0.2) is 5.78 Å². The highest BCUT2D eigenvalue weighted by molar-refractivity contribution is 6.03. The number of Topliss-reactive ketones (excluding diaryl/α,β-unsaturated/α-hetero) is 1. The number of alkyl halides is 3. The van der Waals surface area contributed by atoms with Gasteiger partial charge in [-0.15, -0.1) is 0 Å². The minimum Gasteiger partial charge on any atom is -0.368 e. The molecule has 3 aromatic rings. The third-order valence-electron chi connectivity index (χ3n) is 6.92. The Labute approximate surface area is 218 Å². The molecular weight excluding hydrogens is 490 g/mol. The third kappa shape index (κ3) is 5.12. The fourth-order valence-electron chi connectivity index (χ4n) is 5.13. The number of hydrogen-bond acceptors (Lipinski definition) is 2. The van der Waals surface area contributed by atoms with Crippen LogP contribution in [0.4, 0.5) is 17.6 Å². The molecule has 0 spiro atoms. The largest absolute Gasteiger partial charge is 0.417 e. The van der Waals surface area contributed by atoms with E-state index < -0.39 is 34.8 Å². The molecule has 6 rings (SSSR count). The topological polar surface area (TPSA) is 29.1 Å². The zero-order valence-corrected chi connectivity index (χ0v) is 20.4. The molecule has 0 aromatic heterocycles. The van der Waals surface area contributed by atoms with Crippen LogP contribution in [0.15, 0.2) is 91.3 Å². The molecular formula is C32H25F4NO. The number of carbonyl (C=O) groups is 1. The third-order valence-corrected chi connectivity index (χ3v) is 6.92. The highest BCUT2D eigenvalue weighted by Gasteiger charge is 2.38. The lowest BCUT2D eigenvalue weighted by Crippen LogP contribution is -2.37. The molecule has 3 aliphatic rings. The fraction of sp³-hybridized carbons (Fsp3) is 0.156. The molecule has 6 heteroatoms. The minimum atomic E-state index is -4.80. The maximum atomic E-state index is 14.4. The quantitative estimate of drug-likeness (QED) is 0.323. The second-order valence-corrected chi connectivity index (χ2v) is 9.27. The Kier molecular flexibility index (Phi) is 7.14. The van der Waals surface area contributed by atoms with E-state index in [4.69, 9.17) is 0 Å². The summed E-state index contributed by atoms with van der Waals surface area (Å²) in [5.41, 5.74) is 2.36. The zero-order chi connectivity index (χ0) is 26.7. The molecule has 0 radical (unpaired) electrons. The van der Waals surface area contributed by atoms with E-state index in [1.807, 2.05) is 61.0 Å². The van der Waals surface area contributed by atoms with Gasteiger partial charge in [-0.25, -0.2) is 4.39 Å². The summed E-state index contributed by atoms with van der Waals surface area (Å²) in [7, 11) is 0. The van der Waals surface area contributed by atoms with Gasteiger partial charge in [-0.1, -0.05) is 66.8 Å². The fourth-order valence-corrected chi connectivity index (χ4v) is 5.13. The van der Waals surface area contributed by atoms with E-state index in [1.54, 1.807) is 6.08 Å². The van der Waals surface area contributed by atoms with Crippen LogP contribution in [0.5, 0.6) is 0 Å². The van der Waals surface area contributed by atoms with Crippen molar-refractivity contribution in [1.29, 1.82) is 0 Å². The Morgan fingerprint density at radius 2 is 1.58 bits per heavy atom. The lowest BCUT2D eigenvalue weighted by Gasteiger charge is -2.22. The number of aryl methyl sites for hydroxylation is 1. The molecule has 1 aliphatic heterocycles. The van der Waals surface area contributed by atoms with Crippen LogP contribution in [0.1, 0.15) is 33.5 Å². The molecule has 2 aliphatic carbocycles. The normalized spacial score (nSPS) is 16.8. The molecule has 0 fully saturated rings. The first-order valence-corrected chi connectivity index (χ1v) is 12.4. The summed E-state index contributed by atoms with van der Waals surface area (Å²) < 4.78 is 54.7. The predicted octanol–water partition coefficient (Wildman–Crippen LogP) is 6.25. The number of halogens is 4. The molecule has 1 N–H and O–H groups in total. The summed E-state index contributed by atoms with van der Waals surface area (Å²) in [5.74, 6) is -2.75. The Balaban J connectivity index is 0.000000366. The first-order valence-electron chi connectivity index (χ1n) is 12.4. The standard InChI is InChI=1S/C26H18F4O.C6H7N/c27-23-7-3-6-22(26(28,29)30)24(23)25(31)17-9-8-16-11-12-19-18-5-2-1-4-15(18)10-13-20(19)21(16)14-17;1-2-4-6-7-5-3-1/h1-7,11-14,17H,8-10H2;1-7H. The van der Waals surface area contributed by atoms with Crippen LogP contribution in [-0.2, 0) is 19.0 Å². The Bertz CT molecular complexity index is 1580. The number of benzene rings is 3. The molecule has 2 nitrogen and oxygen atoms in total. The highest BCUT2D eigenvalue weighted by Crippen LogP contribution is 2.35. The van der Waals surface area contributed by atoms with E-state index in [-0.39, 0.29) is 0 Å². The first kappa shape index (κ1) is 25.5. The number of carbonyl (C=O) groups excluding carboxylic acids is 1. The molecule has 0 bridgehead atoms. The summed E-state index contributed by atoms with van der Waals surface area (Å²) in [6.07, 6.45) is 12.3. The zero-order valence-electron chi connectivity index (χ0n) is 20.4. The lowest BCUT2D eigenvalue weighted by molar-refractivity contribution is -0.138. The van der Waals surface area contributed by atoms with Crippen molar-refractivity contribution in [3.05, 3.63) is 130 Å². The van der Waals surface area contributed by atoms with Crippen LogP contribution in [0.25, 0.3) is 23.3 Å². The van der Waals surface area contributed by atoms with Gasteiger partial charge in [0.2, 0.25) is 0 Å². The van der Waals surface area contributed by atoms with Gasteiger partial charge in [0.05, 0.1) is 11.1 Å². The molecule has 1 heterocycles. The summed E-state index contributed by atoms with van der Waals surface area (Å²) in [5, 5.41) is 4.80. The van der Waals surface area contributed by atoms with Crippen molar-refractivity contribution in [2.24, 2.45) is 5.92 Å². The van der Waals surface area contributed by atoms with Crippen LogP contribution in [0, 0.1) is 11.7 Å². The minimum absolute atomic E-state index is 0.354.